The van der Waals surface area contributed by atoms with Crippen LogP contribution in [0.4, 0.5) is 0 Å². The molecule has 0 amide bonds. The van der Waals surface area contributed by atoms with E-state index >= 15 is 0 Å². The maximum Gasteiger partial charge on any atom is 0.247 e. The van der Waals surface area contributed by atoms with E-state index in [1.165, 1.54) is 5.56 Å². The molecule has 0 atom stereocenters. The number of aliphatic hydroxyl groups is 2. The predicted octanol–water partition coefficient (Wildman–Crippen LogP) is 1.22. The molecule has 0 fully saturated rings. The molecule has 114 valence electrons. The Morgan fingerprint density at radius 2 is 1.81 bits per heavy atom. The van der Waals surface area contributed by atoms with E-state index in [1.54, 1.807) is 0 Å². The molecule has 1 heterocycles. The number of aromatic nitrogens is 2. The Labute approximate surface area is 124 Å². The molecule has 0 bridgehead atoms. The minimum absolute atomic E-state index is 0.0599. The normalized spacial score (nSPS) is 11.2. The average Bonchev–Trinajstić information content (AvgIpc) is 2.94. The van der Waals surface area contributed by atoms with E-state index in [4.69, 9.17) is 14.6 Å². The fourth-order valence-corrected chi connectivity index (χ4v) is 2.03. The Morgan fingerprint density at radius 3 is 2.48 bits per heavy atom. The highest BCUT2D eigenvalue weighted by Crippen LogP contribution is 2.18. The number of aryl methyl sites for hydroxylation is 1. The lowest BCUT2D eigenvalue weighted by Crippen LogP contribution is -2.28. The summed E-state index contributed by atoms with van der Waals surface area (Å²) in [6.07, 6.45) is 0.652. The molecule has 2 aromatic rings. The number of aliphatic hydroxyl groups excluding tert-OH is 2. The lowest BCUT2D eigenvalue weighted by Gasteiger charge is -2.18. The molecular weight excluding hydrogens is 270 g/mol. The first kappa shape index (κ1) is 15.6. The second-order valence-electron chi connectivity index (χ2n) is 4.94. The van der Waals surface area contributed by atoms with Gasteiger partial charge in [-0.1, -0.05) is 17.7 Å². The zero-order valence-electron chi connectivity index (χ0n) is 12.2. The first-order valence-electron chi connectivity index (χ1n) is 7.06. The summed E-state index contributed by atoms with van der Waals surface area (Å²) in [4.78, 5) is 1.97. The highest BCUT2D eigenvalue weighted by Gasteiger charge is 2.12. The van der Waals surface area contributed by atoms with Crippen LogP contribution in [0.1, 0.15) is 17.9 Å². The van der Waals surface area contributed by atoms with Crippen molar-refractivity contribution in [2.24, 2.45) is 0 Å². The van der Waals surface area contributed by atoms with Gasteiger partial charge < -0.3 is 14.6 Å². The fourth-order valence-electron chi connectivity index (χ4n) is 2.03. The predicted molar refractivity (Wildman–Crippen MR) is 78.5 cm³/mol. The smallest absolute Gasteiger partial charge is 0.247 e. The third-order valence-electron chi connectivity index (χ3n) is 3.17. The van der Waals surface area contributed by atoms with E-state index in [0.717, 1.165) is 5.56 Å². The zero-order chi connectivity index (χ0) is 15.1. The van der Waals surface area contributed by atoms with Gasteiger partial charge in [-0.3, -0.25) is 4.90 Å². The van der Waals surface area contributed by atoms with Crippen molar-refractivity contribution in [1.29, 1.82) is 0 Å². The molecule has 6 nitrogen and oxygen atoms in total. The first-order chi connectivity index (χ1) is 10.2. The van der Waals surface area contributed by atoms with Crippen molar-refractivity contribution in [3.8, 4) is 11.5 Å². The molecule has 0 saturated heterocycles. The summed E-state index contributed by atoms with van der Waals surface area (Å²) < 4.78 is 5.66. The summed E-state index contributed by atoms with van der Waals surface area (Å²) >= 11 is 0. The molecular formula is C15H21N3O3. The van der Waals surface area contributed by atoms with Gasteiger partial charge in [-0.2, -0.15) is 0 Å². The van der Waals surface area contributed by atoms with Gasteiger partial charge in [0.2, 0.25) is 11.8 Å². The molecule has 0 aliphatic heterocycles. The van der Waals surface area contributed by atoms with Crippen molar-refractivity contribution in [2.45, 2.75) is 19.9 Å². The summed E-state index contributed by atoms with van der Waals surface area (Å²) in [5.41, 5.74) is 2.07. The van der Waals surface area contributed by atoms with E-state index in [9.17, 15) is 0 Å². The molecule has 1 aromatic heterocycles. The van der Waals surface area contributed by atoms with E-state index in [0.29, 0.717) is 37.8 Å². The first-order valence-corrected chi connectivity index (χ1v) is 7.06. The Bertz CT molecular complexity index is 539. The summed E-state index contributed by atoms with van der Waals surface area (Å²) in [5, 5.41) is 26.0. The van der Waals surface area contributed by atoms with Gasteiger partial charge in [0.25, 0.3) is 0 Å². The summed E-state index contributed by atoms with van der Waals surface area (Å²) in [7, 11) is 0. The fraction of sp³-hybridized carbons (Fsp3) is 0.467. The second kappa shape index (κ2) is 7.87. The van der Waals surface area contributed by atoms with E-state index in [2.05, 4.69) is 10.2 Å². The van der Waals surface area contributed by atoms with Gasteiger partial charge >= 0.3 is 0 Å². The summed E-state index contributed by atoms with van der Waals surface area (Å²) in [6, 6.07) is 7.89. The molecule has 2 rings (SSSR count). The molecule has 0 aliphatic carbocycles. The minimum atomic E-state index is 0.0599. The third-order valence-corrected chi connectivity index (χ3v) is 3.17. The van der Waals surface area contributed by atoms with Gasteiger partial charge in [0, 0.05) is 25.3 Å². The van der Waals surface area contributed by atoms with Crippen molar-refractivity contribution in [1.82, 2.24) is 15.1 Å². The Balaban J connectivity index is 2.02. The van der Waals surface area contributed by atoms with Crippen LogP contribution in [-0.2, 0) is 6.54 Å². The van der Waals surface area contributed by atoms with Crippen molar-refractivity contribution in [2.75, 3.05) is 26.3 Å². The van der Waals surface area contributed by atoms with Crippen LogP contribution in [0.15, 0.2) is 28.7 Å². The Hall–Kier alpha value is -1.76. The number of hydrogen-bond donors (Lipinski definition) is 2. The van der Waals surface area contributed by atoms with Crippen LogP contribution >= 0.6 is 0 Å². The highest BCUT2D eigenvalue weighted by molar-refractivity contribution is 5.52. The number of hydrogen-bond acceptors (Lipinski definition) is 6. The van der Waals surface area contributed by atoms with Crippen molar-refractivity contribution >= 4 is 0 Å². The second-order valence-corrected chi connectivity index (χ2v) is 4.94. The summed E-state index contributed by atoms with van der Waals surface area (Å²) in [6.45, 7) is 3.88. The number of rotatable bonds is 8. The van der Waals surface area contributed by atoms with E-state index < -0.39 is 0 Å². The maximum absolute atomic E-state index is 9.05. The van der Waals surface area contributed by atoms with Crippen LogP contribution in [0.3, 0.4) is 0 Å². The van der Waals surface area contributed by atoms with E-state index in [-0.39, 0.29) is 13.2 Å². The summed E-state index contributed by atoms with van der Waals surface area (Å²) in [5.74, 6) is 1.01. The molecule has 1 aromatic carbocycles. The molecule has 0 aliphatic rings. The Kier molecular flexibility index (Phi) is 5.86. The van der Waals surface area contributed by atoms with Crippen LogP contribution in [-0.4, -0.2) is 51.6 Å². The third kappa shape index (κ3) is 4.63. The standard InChI is InChI=1S/C15H21N3O3/c1-12-3-5-13(6-4-12)15-17-16-14(21-15)11-18(8-10-20)7-2-9-19/h3-6,19-20H,2,7-11H2,1H3. The van der Waals surface area contributed by atoms with Crippen molar-refractivity contribution < 1.29 is 14.6 Å². The largest absolute Gasteiger partial charge is 0.419 e. The molecule has 21 heavy (non-hydrogen) atoms. The van der Waals surface area contributed by atoms with Crippen LogP contribution in [0.5, 0.6) is 0 Å². The molecule has 2 N–H and O–H groups in total. The zero-order valence-corrected chi connectivity index (χ0v) is 12.2. The monoisotopic (exact) mass is 291 g/mol. The lowest BCUT2D eigenvalue weighted by atomic mass is 10.1. The topological polar surface area (TPSA) is 82.6 Å². The van der Waals surface area contributed by atoms with Gasteiger partial charge in [-0.25, -0.2) is 0 Å². The maximum atomic E-state index is 9.05. The van der Waals surface area contributed by atoms with E-state index in [1.807, 2.05) is 36.1 Å². The molecule has 0 saturated carbocycles. The van der Waals surface area contributed by atoms with Gasteiger partial charge in [0.15, 0.2) is 0 Å². The quantitative estimate of drug-likeness (QED) is 0.761. The lowest BCUT2D eigenvalue weighted by molar-refractivity contribution is 0.164. The highest BCUT2D eigenvalue weighted by atomic mass is 16.4. The van der Waals surface area contributed by atoms with Crippen LogP contribution in [0.25, 0.3) is 11.5 Å². The minimum Gasteiger partial charge on any atom is -0.419 e. The van der Waals surface area contributed by atoms with Gasteiger partial charge in [-0.15, -0.1) is 10.2 Å². The molecule has 0 spiro atoms. The number of nitrogens with zero attached hydrogens (tertiary/aromatic N) is 3. The SMILES string of the molecule is Cc1ccc(-c2nnc(CN(CCO)CCCO)o2)cc1. The van der Waals surface area contributed by atoms with Crippen LogP contribution in [0, 0.1) is 6.92 Å². The molecule has 0 unspecified atom stereocenters. The van der Waals surface area contributed by atoms with Crippen LogP contribution in [0.2, 0.25) is 0 Å². The molecule has 6 heteroatoms. The number of benzene rings is 1. The average molecular weight is 291 g/mol. The van der Waals surface area contributed by atoms with Gasteiger partial charge in [0.1, 0.15) is 0 Å². The van der Waals surface area contributed by atoms with Gasteiger partial charge in [-0.05, 0) is 25.5 Å². The van der Waals surface area contributed by atoms with Crippen LogP contribution < -0.4 is 0 Å². The Morgan fingerprint density at radius 1 is 1.05 bits per heavy atom. The van der Waals surface area contributed by atoms with Gasteiger partial charge in [0.05, 0.1) is 13.2 Å². The van der Waals surface area contributed by atoms with Crippen molar-refractivity contribution in [3.63, 3.8) is 0 Å². The molecule has 0 radical (unpaired) electrons. The van der Waals surface area contributed by atoms with Crippen molar-refractivity contribution in [3.05, 3.63) is 35.7 Å².